The first-order valence-corrected chi connectivity index (χ1v) is 11.6. The molecule has 0 bridgehead atoms. The zero-order valence-corrected chi connectivity index (χ0v) is 19.3. The molecule has 2 aliphatic heterocycles. The van der Waals surface area contributed by atoms with Crippen LogP contribution < -0.4 is 10.2 Å². The minimum atomic E-state index is -1.82. The summed E-state index contributed by atoms with van der Waals surface area (Å²) in [5.74, 6) is -2.57. The van der Waals surface area contributed by atoms with Gasteiger partial charge < -0.3 is 20.4 Å². The van der Waals surface area contributed by atoms with E-state index >= 15 is 0 Å². The SMILES string of the molecule is O=C(CN1CCCC1)Nc1c2c(nc3ccccc13)N(Cc1ccccc1)CC2.O=C(O)C(=O)O. The lowest BCUT2D eigenvalue weighted by Gasteiger charge is -2.20. The van der Waals surface area contributed by atoms with Gasteiger partial charge in [-0.15, -0.1) is 0 Å². The largest absolute Gasteiger partial charge is 0.473 e. The third-order valence-corrected chi connectivity index (χ3v) is 6.13. The average molecular weight is 477 g/mol. The maximum Gasteiger partial charge on any atom is 0.414 e. The molecule has 1 amide bonds. The lowest BCUT2D eigenvalue weighted by molar-refractivity contribution is -0.159. The first-order chi connectivity index (χ1) is 16.9. The number of amides is 1. The zero-order chi connectivity index (χ0) is 24.8. The Labute approximate surface area is 203 Å². The van der Waals surface area contributed by atoms with Crippen LogP contribution in [0.2, 0.25) is 0 Å². The number of carboxylic acids is 2. The van der Waals surface area contributed by atoms with E-state index in [-0.39, 0.29) is 5.91 Å². The van der Waals surface area contributed by atoms with Crippen molar-refractivity contribution in [2.45, 2.75) is 25.8 Å². The molecule has 2 aliphatic rings. The quantitative estimate of drug-likeness (QED) is 0.481. The Morgan fingerprint density at radius 1 is 0.886 bits per heavy atom. The van der Waals surface area contributed by atoms with Crippen LogP contribution in [-0.4, -0.2) is 64.1 Å². The summed E-state index contributed by atoms with van der Waals surface area (Å²) in [5, 5.41) is 19.1. The molecule has 1 fully saturated rings. The lowest BCUT2D eigenvalue weighted by atomic mass is 10.1. The van der Waals surface area contributed by atoms with Gasteiger partial charge in [0.15, 0.2) is 0 Å². The number of carboxylic acid groups (broad SMARTS) is 2. The second-order valence-electron chi connectivity index (χ2n) is 8.61. The summed E-state index contributed by atoms with van der Waals surface area (Å²) in [6, 6.07) is 18.6. The van der Waals surface area contributed by atoms with Crippen LogP contribution in [0.3, 0.4) is 0 Å². The van der Waals surface area contributed by atoms with E-state index in [0.29, 0.717) is 6.54 Å². The van der Waals surface area contributed by atoms with E-state index in [1.807, 2.05) is 24.3 Å². The van der Waals surface area contributed by atoms with Crippen LogP contribution in [0.15, 0.2) is 54.6 Å². The van der Waals surface area contributed by atoms with Gasteiger partial charge in [-0.05, 0) is 44.0 Å². The van der Waals surface area contributed by atoms with Crippen LogP contribution in [0.25, 0.3) is 10.9 Å². The lowest BCUT2D eigenvalue weighted by Crippen LogP contribution is -2.31. The third-order valence-electron chi connectivity index (χ3n) is 6.13. The third kappa shape index (κ3) is 5.93. The van der Waals surface area contributed by atoms with Crippen LogP contribution in [0, 0.1) is 0 Å². The van der Waals surface area contributed by atoms with Gasteiger partial charge in [-0.1, -0.05) is 48.5 Å². The number of pyridine rings is 1. The second kappa shape index (κ2) is 11.0. The smallest absolute Gasteiger partial charge is 0.414 e. The molecule has 0 unspecified atom stereocenters. The van der Waals surface area contributed by atoms with Gasteiger partial charge in [0, 0.05) is 24.0 Å². The fourth-order valence-electron chi connectivity index (χ4n) is 4.51. The monoisotopic (exact) mass is 476 g/mol. The van der Waals surface area contributed by atoms with E-state index in [4.69, 9.17) is 24.8 Å². The van der Waals surface area contributed by atoms with E-state index in [1.54, 1.807) is 0 Å². The first kappa shape index (κ1) is 24.2. The molecular formula is C26H28N4O5. The summed E-state index contributed by atoms with van der Waals surface area (Å²) in [6.45, 7) is 4.27. The molecule has 0 spiro atoms. The summed E-state index contributed by atoms with van der Waals surface area (Å²) in [4.78, 5) is 40.5. The molecule has 0 saturated carbocycles. The van der Waals surface area contributed by atoms with E-state index in [9.17, 15) is 4.79 Å². The Bertz CT molecular complexity index is 1210. The van der Waals surface area contributed by atoms with Crippen molar-refractivity contribution in [3.05, 3.63) is 65.7 Å². The summed E-state index contributed by atoms with van der Waals surface area (Å²) in [5.41, 5.74) is 4.32. The molecule has 1 aromatic heterocycles. The summed E-state index contributed by atoms with van der Waals surface area (Å²) in [6.07, 6.45) is 3.28. The van der Waals surface area contributed by atoms with Crippen LogP contribution >= 0.6 is 0 Å². The molecule has 35 heavy (non-hydrogen) atoms. The number of anilines is 2. The molecular weight excluding hydrogens is 448 g/mol. The maximum atomic E-state index is 12.8. The van der Waals surface area contributed by atoms with Crippen molar-refractivity contribution >= 4 is 40.3 Å². The van der Waals surface area contributed by atoms with Crippen molar-refractivity contribution in [3.8, 4) is 0 Å². The molecule has 3 aromatic rings. The van der Waals surface area contributed by atoms with Crippen molar-refractivity contribution in [1.29, 1.82) is 0 Å². The highest BCUT2D eigenvalue weighted by atomic mass is 16.4. The van der Waals surface area contributed by atoms with Gasteiger partial charge in [0.25, 0.3) is 0 Å². The summed E-state index contributed by atoms with van der Waals surface area (Å²) < 4.78 is 0. The number of nitrogens with zero attached hydrogens (tertiary/aromatic N) is 3. The van der Waals surface area contributed by atoms with Gasteiger partial charge in [-0.3, -0.25) is 9.69 Å². The predicted octanol–water partition coefficient (Wildman–Crippen LogP) is 2.99. The fraction of sp³-hybridized carbons (Fsp3) is 0.308. The Balaban J connectivity index is 0.000000431. The number of aromatic nitrogens is 1. The minimum absolute atomic E-state index is 0.0759. The number of hydrogen-bond donors (Lipinski definition) is 3. The first-order valence-electron chi connectivity index (χ1n) is 11.6. The molecule has 2 aromatic carbocycles. The molecule has 9 nitrogen and oxygen atoms in total. The van der Waals surface area contributed by atoms with E-state index in [2.05, 4.69) is 45.4 Å². The Morgan fingerprint density at radius 2 is 1.54 bits per heavy atom. The highest BCUT2D eigenvalue weighted by Gasteiger charge is 2.27. The van der Waals surface area contributed by atoms with Crippen molar-refractivity contribution in [1.82, 2.24) is 9.88 Å². The topological polar surface area (TPSA) is 123 Å². The standard InChI is InChI=1S/C24H26N4O.C2H2O4/c29-22(17-27-13-6-7-14-27)26-23-19-10-4-5-11-21(19)25-24-20(23)12-15-28(24)16-18-8-2-1-3-9-18;3-1(4)2(5)6/h1-5,8-11H,6-7,12-17H2,(H,25,26,29);(H,3,4)(H,5,6). The van der Waals surface area contributed by atoms with Crippen molar-refractivity contribution in [2.24, 2.45) is 0 Å². The van der Waals surface area contributed by atoms with E-state index in [1.165, 1.54) is 18.4 Å². The van der Waals surface area contributed by atoms with Crippen LogP contribution in [0.1, 0.15) is 24.0 Å². The zero-order valence-electron chi connectivity index (χ0n) is 19.3. The fourth-order valence-corrected chi connectivity index (χ4v) is 4.51. The van der Waals surface area contributed by atoms with E-state index < -0.39 is 11.9 Å². The molecule has 5 rings (SSSR count). The van der Waals surface area contributed by atoms with Gasteiger partial charge in [0.2, 0.25) is 5.91 Å². The van der Waals surface area contributed by atoms with Crippen molar-refractivity contribution < 1.29 is 24.6 Å². The second-order valence-corrected chi connectivity index (χ2v) is 8.61. The van der Waals surface area contributed by atoms with Gasteiger partial charge in [0.05, 0.1) is 17.7 Å². The highest BCUT2D eigenvalue weighted by molar-refractivity contribution is 6.27. The Morgan fingerprint density at radius 3 is 2.23 bits per heavy atom. The number of nitrogens with one attached hydrogen (secondary N) is 1. The molecule has 0 atom stereocenters. The van der Waals surface area contributed by atoms with Gasteiger partial charge in [-0.25, -0.2) is 14.6 Å². The van der Waals surface area contributed by atoms with Gasteiger partial charge in [0.1, 0.15) is 5.82 Å². The minimum Gasteiger partial charge on any atom is -0.473 e. The van der Waals surface area contributed by atoms with Crippen LogP contribution in [0.4, 0.5) is 11.5 Å². The van der Waals surface area contributed by atoms with Crippen LogP contribution in [0.5, 0.6) is 0 Å². The number of fused-ring (bicyclic) bond motifs is 2. The maximum absolute atomic E-state index is 12.8. The van der Waals surface area contributed by atoms with Crippen molar-refractivity contribution in [2.75, 3.05) is 36.4 Å². The number of aliphatic carboxylic acids is 2. The van der Waals surface area contributed by atoms with Gasteiger partial charge >= 0.3 is 11.9 Å². The van der Waals surface area contributed by atoms with E-state index in [0.717, 1.165) is 60.6 Å². The molecule has 9 heteroatoms. The molecule has 182 valence electrons. The number of likely N-dealkylation sites (tertiary alicyclic amines) is 1. The number of rotatable bonds is 5. The molecule has 1 saturated heterocycles. The number of hydrogen-bond acceptors (Lipinski definition) is 6. The predicted molar refractivity (Wildman–Crippen MR) is 133 cm³/mol. The highest BCUT2D eigenvalue weighted by Crippen LogP contribution is 2.38. The number of para-hydroxylation sites is 1. The van der Waals surface area contributed by atoms with Gasteiger partial charge in [-0.2, -0.15) is 0 Å². The van der Waals surface area contributed by atoms with Crippen LogP contribution in [-0.2, 0) is 27.3 Å². The van der Waals surface area contributed by atoms with Crippen molar-refractivity contribution in [3.63, 3.8) is 0 Å². The average Bonchev–Trinajstić information content (AvgIpc) is 3.50. The molecule has 0 aliphatic carbocycles. The summed E-state index contributed by atoms with van der Waals surface area (Å²) >= 11 is 0. The molecule has 3 heterocycles. The summed E-state index contributed by atoms with van der Waals surface area (Å²) in [7, 11) is 0. The Hall–Kier alpha value is -3.98. The Kier molecular flexibility index (Phi) is 7.57. The molecule has 3 N–H and O–H groups in total. The molecule has 0 radical (unpaired) electrons. The number of carbonyl (C=O) groups excluding carboxylic acids is 1. The number of carbonyl (C=O) groups is 3. The number of benzene rings is 2. The normalized spacial score (nSPS) is 14.8.